The van der Waals surface area contributed by atoms with Crippen LogP contribution in [0.2, 0.25) is 5.02 Å². The molecular weight excluding hydrogens is 498 g/mol. The van der Waals surface area contributed by atoms with Crippen molar-refractivity contribution >= 4 is 34.5 Å². The van der Waals surface area contributed by atoms with Crippen LogP contribution in [0.1, 0.15) is 17.4 Å². The summed E-state index contributed by atoms with van der Waals surface area (Å²) in [5.41, 5.74) is 8.80. The van der Waals surface area contributed by atoms with Crippen LogP contribution in [0.3, 0.4) is 0 Å². The van der Waals surface area contributed by atoms with E-state index in [1.807, 2.05) is 42.5 Å². The highest BCUT2D eigenvalue weighted by Gasteiger charge is 2.46. The summed E-state index contributed by atoms with van der Waals surface area (Å²) in [6, 6.07) is 14.4. The Labute approximate surface area is 217 Å². The first kappa shape index (κ1) is 24.9. The number of likely N-dealkylation sites (N-methyl/N-ethyl adjacent to an activating group) is 1. The number of nitrogens with two attached hydrogens (primary N) is 1. The lowest BCUT2D eigenvalue weighted by atomic mass is 10.1. The number of carbonyl (C=O) groups is 1. The van der Waals surface area contributed by atoms with E-state index in [0.29, 0.717) is 40.9 Å². The summed E-state index contributed by atoms with van der Waals surface area (Å²) in [6.07, 6.45) is -0.215. The maximum Gasteiger partial charge on any atom is 0.250 e. The summed E-state index contributed by atoms with van der Waals surface area (Å²) in [5.74, 6) is 0.743. The molecule has 0 spiro atoms. The molecule has 1 aliphatic heterocycles. The monoisotopic (exact) mass is 523 g/mol. The Hall–Kier alpha value is -3.77. The number of hydrogen-bond donors (Lipinski definition) is 4. The van der Waals surface area contributed by atoms with Gasteiger partial charge in [-0.25, -0.2) is 15.0 Å². The van der Waals surface area contributed by atoms with E-state index in [4.69, 9.17) is 26.8 Å². The number of carbonyl (C=O) groups excluding carboxylic acids is 1. The molecule has 11 nitrogen and oxygen atoms in total. The largest absolute Gasteiger partial charge is 0.489 e. The van der Waals surface area contributed by atoms with Crippen LogP contribution in [-0.4, -0.2) is 55.8 Å². The molecule has 1 amide bonds. The quantitative estimate of drug-likeness (QED) is 0.272. The van der Waals surface area contributed by atoms with Crippen LogP contribution in [0.15, 0.2) is 61.2 Å². The number of aromatic nitrogens is 4. The van der Waals surface area contributed by atoms with Gasteiger partial charge in [0.05, 0.1) is 12.4 Å². The molecule has 1 fully saturated rings. The summed E-state index contributed by atoms with van der Waals surface area (Å²) in [4.78, 5) is 25.2. The summed E-state index contributed by atoms with van der Waals surface area (Å²) in [7, 11) is 1.48. The summed E-state index contributed by atoms with van der Waals surface area (Å²) in [6.45, 7) is 0.774. The van der Waals surface area contributed by atoms with Crippen molar-refractivity contribution in [1.82, 2.24) is 24.8 Å². The van der Waals surface area contributed by atoms with Crippen LogP contribution in [-0.2, 0) is 22.7 Å². The molecule has 4 atom stereocenters. The van der Waals surface area contributed by atoms with Crippen LogP contribution < -0.4 is 21.1 Å². The fourth-order valence-electron chi connectivity index (χ4n) is 4.21. The van der Waals surface area contributed by atoms with E-state index >= 15 is 0 Å². The number of fused-ring (bicyclic) bond motifs is 1. The average molecular weight is 524 g/mol. The van der Waals surface area contributed by atoms with Crippen molar-refractivity contribution in [3.05, 3.63) is 77.3 Å². The predicted molar refractivity (Wildman–Crippen MR) is 137 cm³/mol. The van der Waals surface area contributed by atoms with Gasteiger partial charge in [-0.1, -0.05) is 41.9 Å². The van der Waals surface area contributed by atoms with Gasteiger partial charge in [0.2, 0.25) is 0 Å². The van der Waals surface area contributed by atoms with E-state index in [2.05, 4.69) is 25.6 Å². The topological polar surface area (TPSA) is 149 Å². The summed E-state index contributed by atoms with van der Waals surface area (Å²) in [5, 5.41) is 17.0. The molecule has 12 heteroatoms. The lowest BCUT2D eigenvalue weighted by Gasteiger charge is -2.17. The number of ether oxygens (including phenoxy) is 2. The minimum atomic E-state index is -1.14. The molecule has 5 rings (SSSR count). The molecule has 4 aromatic rings. The molecule has 2 aromatic heterocycles. The molecular formula is C25H26ClN7O4. The van der Waals surface area contributed by atoms with Gasteiger partial charge in [0.1, 0.15) is 24.8 Å². The van der Waals surface area contributed by atoms with E-state index in [1.54, 1.807) is 10.6 Å². The molecule has 0 unspecified atom stereocenters. The summed E-state index contributed by atoms with van der Waals surface area (Å²) < 4.78 is 13.4. The number of amides is 1. The van der Waals surface area contributed by atoms with Crippen molar-refractivity contribution in [2.24, 2.45) is 5.73 Å². The number of imidazole rings is 1. The van der Waals surface area contributed by atoms with Gasteiger partial charge in [0.15, 0.2) is 29.3 Å². The maximum absolute atomic E-state index is 12.1. The Morgan fingerprint density at radius 1 is 1.22 bits per heavy atom. The Bertz CT molecular complexity index is 1400. The highest BCUT2D eigenvalue weighted by Crippen LogP contribution is 2.32. The Morgan fingerprint density at radius 3 is 2.81 bits per heavy atom. The van der Waals surface area contributed by atoms with Crippen LogP contribution in [0.4, 0.5) is 5.82 Å². The maximum atomic E-state index is 12.1. The lowest BCUT2D eigenvalue weighted by molar-refractivity contribution is -0.134. The molecule has 5 N–H and O–H groups in total. The van der Waals surface area contributed by atoms with Gasteiger partial charge >= 0.3 is 0 Å². The number of anilines is 1. The van der Waals surface area contributed by atoms with Crippen LogP contribution in [0, 0.1) is 0 Å². The van der Waals surface area contributed by atoms with Gasteiger partial charge in [-0.15, -0.1) is 0 Å². The number of aliphatic hydroxyl groups is 1. The molecule has 0 aliphatic carbocycles. The minimum absolute atomic E-state index is 0.357. The van der Waals surface area contributed by atoms with Crippen molar-refractivity contribution in [1.29, 1.82) is 0 Å². The first-order chi connectivity index (χ1) is 18.0. The second-order valence-corrected chi connectivity index (χ2v) is 8.99. The van der Waals surface area contributed by atoms with E-state index in [1.165, 1.54) is 19.7 Å². The highest BCUT2D eigenvalue weighted by molar-refractivity contribution is 6.30. The van der Waals surface area contributed by atoms with E-state index in [9.17, 15) is 9.90 Å². The zero-order valence-electron chi connectivity index (χ0n) is 19.9. The Balaban J connectivity index is 1.35. The van der Waals surface area contributed by atoms with Gasteiger partial charge < -0.3 is 30.9 Å². The summed E-state index contributed by atoms with van der Waals surface area (Å²) >= 11 is 6.26. The average Bonchev–Trinajstić information content (AvgIpc) is 3.48. The van der Waals surface area contributed by atoms with Gasteiger partial charge in [0, 0.05) is 24.2 Å². The van der Waals surface area contributed by atoms with E-state index in [0.717, 1.165) is 11.1 Å². The molecule has 1 aliphatic rings. The zero-order chi connectivity index (χ0) is 25.9. The fourth-order valence-corrected chi connectivity index (χ4v) is 4.40. The highest BCUT2D eigenvalue weighted by atomic mass is 35.5. The number of aliphatic hydroxyl groups excluding tert-OH is 1. The van der Waals surface area contributed by atoms with Crippen molar-refractivity contribution in [3.63, 3.8) is 0 Å². The van der Waals surface area contributed by atoms with E-state index < -0.39 is 30.4 Å². The third-order valence-corrected chi connectivity index (χ3v) is 6.40. The Kier molecular flexibility index (Phi) is 7.19. The zero-order valence-corrected chi connectivity index (χ0v) is 20.7. The third-order valence-electron chi connectivity index (χ3n) is 6.17. The first-order valence-electron chi connectivity index (χ1n) is 11.6. The molecule has 37 heavy (non-hydrogen) atoms. The Morgan fingerprint density at radius 2 is 2.03 bits per heavy atom. The normalized spacial score (nSPS) is 21.2. The van der Waals surface area contributed by atoms with Crippen LogP contribution in [0.5, 0.6) is 5.75 Å². The van der Waals surface area contributed by atoms with Gasteiger partial charge in [-0.2, -0.15) is 0 Å². The SMILES string of the molecule is CNC(=O)[C@H]1O[C@@H](n2cnc3c(NCc4cc(Cl)ccc4OCc4ccccc4)ncnc32)[C@H](O)[C@@H]1N. The molecule has 1 saturated heterocycles. The molecule has 3 heterocycles. The second-order valence-electron chi connectivity index (χ2n) is 8.56. The number of nitrogens with one attached hydrogen (secondary N) is 2. The number of rotatable bonds is 8. The van der Waals surface area contributed by atoms with Gasteiger partial charge in [-0.05, 0) is 23.8 Å². The van der Waals surface area contributed by atoms with Crippen LogP contribution in [0.25, 0.3) is 11.2 Å². The molecule has 2 aromatic carbocycles. The third kappa shape index (κ3) is 5.07. The molecule has 0 bridgehead atoms. The van der Waals surface area contributed by atoms with Gasteiger partial charge in [-0.3, -0.25) is 9.36 Å². The molecule has 0 radical (unpaired) electrons. The van der Waals surface area contributed by atoms with Crippen molar-refractivity contribution in [2.75, 3.05) is 12.4 Å². The van der Waals surface area contributed by atoms with Crippen molar-refractivity contribution in [3.8, 4) is 5.75 Å². The number of nitrogens with zero attached hydrogens (tertiary/aromatic N) is 4. The number of halogens is 1. The van der Waals surface area contributed by atoms with Crippen molar-refractivity contribution in [2.45, 2.75) is 37.6 Å². The van der Waals surface area contributed by atoms with E-state index in [-0.39, 0.29) is 0 Å². The lowest BCUT2D eigenvalue weighted by Crippen LogP contribution is -2.46. The second kappa shape index (κ2) is 10.7. The molecule has 192 valence electrons. The molecule has 0 saturated carbocycles. The van der Waals surface area contributed by atoms with Crippen molar-refractivity contribution < 1.29 is 19.4 Å². The smallest absolute Gasteiger partial charge is 0.250 e. The predicted octanol–water partition coefficient (Wildman–Crippen LogP) is 2.00. The van der Waals surface area contributed by atoms with Crippen LogP contribution >= 0.6 is 11.6 Å². The standard InChI is InChI=1S/C25H26ClN7O4/c1-28-24(35)21-18(27)20(34)25(37-21)33-13-32-19-22(30-12-31-23(19)33)29-10-15-9-16(26)7-8-17(15)36-11-14-5-3-2-4-6-14/h2-9,12-13,18,20-21,25,34H,10-11,27H2,1H3,(H,28,35)(H,29,30,31)/t18-,20+,21-,25+/m0/s1. The first-order valence-corrected chi connectivity index (χ1v) is 12.0. The fraction of sp³-hybridized carbons (Fsp3) is 0.280. The minimum Gasteiger partial charge on any atom is -0.489 e. The number of benzene rings is 2. The number of hydrogen-bond acceptors (Lipinski definition) is 9. The van der Waals surface area contributed by atoms with Gasteiger partial charge in [0.25, 0.3) is 5.91 Å².